The first-order valence-electron chi connectivity index (χ1n) is 9.57. The molecular weight excluding hydrogens is 489 g/mol. The second-order valence-electron chi connectivity index (χ2n) is 6.87. The smallest absolute Gasteiger partial charge is 0.422 e. The maximum Gasteiger partial charge on any atom is 0.422 e. The largest absolute Gasteiger partial charge is 0.484 e. The van der Waals surface area contributed by atoms with E-state index in [-0.39, 0.29) is 0 Å². The summed E-state index contributed by atoms with van der Waals surface area (Å²) in [6, 6.07) is 7.97. The molecule has 35 heavy (non-hydrogen) atoms. The van der Waals surface area contributed by atoms with Gasteiger partial charge in [-0.25, -0.2) is 9.82 Å². The van der Waals surface area contributed by atoms with Gasteiger partial charge in [-0.3, -0.25) is 9.89 Å². The Bertz CT molecular complexity index is 1190. The van der Waals surface area contributed by atoms with Crippen molar-refractivity contribution >= 4 is 12.1 Å². The number of halogens is 7. The lowest BCUT2D eigenvalue weighted by Gasteiger charge is -2.14. The lowest BCUT2D eigenvalue weighted by molar-refractivity contribution is -0.154. The number of hydrazone groups is 1. The second kappa shape index (κ2) is 10.4. The summed E-state index contributed by atoms with van der Waals surface area (Å²) in [5.74, 6) is -2.52. The Balaban J connectivity index is 1.78. The SMILES string of the molecule is O=C(N/N=C/c1cn[nH]c1-c1ccc(F)cc1)c1cc(OCC(F)(F)F)ccc1OCC(F)(F)F. The number of H-pyrrole nitrogens is 1. The third-order valence-electron chi connectivity index (χ3n) is 4.16. The minimum atomic E-state index is -4.73. The summed E-state index contributed by atoms with van der Waals surface area (Å²) in [5, 5.41) is 10.2. The van der Waals surface area contributed by atoms with Gasteiger partial charge in [-0.05, 0) is 42.5 Å². The van der Waals surface area contributed by atoms with E-state index in [0.717, 1.165) is 24.4 Å². The number of nitrogens with zero attached hydrogens (tertiary/aromatic N) is 2. The van der Waals surface area contributed by atoms with Crippen LogP contribution in [0.25, 0.3) is 11.3 Å². The number of alkyl halides is 6. The molecule has 1 amide bonds. The van der Waals surface area contributed by atoms with Crippen molar-refractivity contribution in [3.8, 4) is 22.8 Å². The molecule has 0 saturated carbocycles. The van der Waals surface area contributed by atoms with Gasteiger partial charge < -0.3 is 9.47 Å². The Labute approximate surface area is 192 Å². The number of carbonyl (C=O) groups is 1. The number of hydrogen-bond donors (Lipinski definition) is 2. The van der Waals surface area contributed by atoms with Crippen molar-refractivity contribution in [2.45, 2.75) is 12.4 Å². The van der Waals surface area contributed by atoms with Gasteiger partial charge in [0.25, 0.3) is 5.91 Å². The molecule has 14 heteroatoms. The molecule has 1 aromatic heterocycles. The molecule has 186 valence electrons. The Morgan fingerprint density at radius 1 is 1.00 bits per heavy atom. The van der Waals surface area contributed by atoms with Gasteiger partial charge in [0, 0.05) is 11.1 Å². The summed E-state index contributed by atoms with van der Waals surface area (Å²) >= 11 is 0. The zero-order valence-corrected chi connectivity index (χ0v) is 17.4. The van der Waals surface area contributed by atoms with Crippen molar-refractivity contribution in [1.82, 2.24) is 15.6 Å². The van der Waals surface area contributed by atoms with Crippen molar-refractivity contribution in [1.29, 1.82) is 0 Å². The van der Waals surface area contributed by atoms with Crippen LogP contribution in [-0.4, -0.2) is 47.9 Å². The Hall–Kier alpha value is -4.10. The summed E-state index contributed by atoms with van der Waals surface area (Å²) < 4.78 is 97.1. The quantitative estimate of drug-likeness (QED) is 0.261. The van der Waals surface area contributed by atoms with Crippen molar-refractivity contribution in [3.63, 3.8) is 0 Å². The number of carbonyl (C=O) groups excluding carboxylic acids is 1. The molecule has 0 saturated heterocycles. The molecule has 0 spiro atoms. The number of aromatic amines is 1. The molecule has 3 rings (SSSR count). The summed E-state index contributed by atoms with van der Waals surface area (Å²) in [7, 11) is 0. The van der Waals surface area contributed by atoms with E-state index < -0.39 is 54.4 Å². The highest BCUT2D eigenvalue weighted by molar-refractivity contribution is 5.98. The van der Waals surface area contributed by atoms with E-state index in [4.69, 9.17) is 0 Å². The number of amides is 1. The molecule has 0 aliphatic heterocycles. The molecule has 0 radical (unpaired) electrons. The first-order valence-corrected chi connectivity index (χ1v) is 9.57. The second-order valence-corrected chi connectivity index (χ2v) is 6.87. The Morgan fingerprint density at radius 3 is 2.31 bits per heavy atom. The van der Waals surface area contributed by atoms with Gasteiger partial charge in [0.15, 0.2) is 13.2 Å². The van der Waals surface area contributed by atoms with Crippen molar-refractivity contribution < 1.29 is 45.0 Å². The van der Waals surface area contributed by atoms with E-state index >= 15 is 0 Å². The molecule has 2 N–H and O–H groups in total. The molecule has 0 aliphatic carbocycles. The first kappa shape index (κ1) is 25.5. The summed E-state index contributed by atoms with van der Waals surface area (Å²) in [6.45, 7) is -3.42. The fraction of sp³-hybridized carbons (Fsp3) is 0.190. The number of rotatable bonds is 8. The fourth-order valence-corrected chi connectivity index (χ4v) is 2.69. The van der Waals surface area contributed by atoms with Crippen LogP contribution in [0.15, 0.2) is 53.8 Å². The molecule has 0 atom stereocenters. The molecule has 0 fully saturated rings. The number of ether oxygens (including phenoxy) is 2. The molecule has 0 bridgehead atoms. The third-order valence-corrected chi connectivity index (χ3v) is 4.16. The molecule has 1 heterocycles. The molecule has 3 aromatic rings. The number of aromatic nitrogens is 2. The average molecular weight is 504 g/mol. The van der Waals surface area contributed by atoms with Crippen LogP contribution < -0.4 is 14.9 Å². The topological polar surface area (TPSA) is 88.6 Å². The average Bonchev–Trinajstić information content (AvgIpc) is 3.24. The van der Waals surface area contributed by atoms with E-state index in [9.17, 15) is 35.5 Å². The predicted molar refractivity (Wildman–Crippen MR) is 109 cm³/mol. The van der Waals surface area contributed by atoms with Gasteiger partial charge in [0.2, 0.25) is 0 Å². The summed E-state index contributed by atoms with van der Waals surface area (Å²) in [6.07, 6.45) is -6.90. The monoisotopic (exact) mass is 504 g/mol. The fourth-order valence-electron chi connectivity index (χ4n) is 2.69. The number of benzene rings is 2. The van der Waals surface area contributed by atoms with E-state index in [2.05, 4.69) is 30.2 Å². The van der Waals surface area contributed by atoms with Crippen LogP contribution in [0.4, 0.5) is 30.7 Å². The Kier molecular flexibility index (Phi) is 7.62. The molecule has 2 aromatic carbocycles. The van der Waals surface area contributed by atoms with Crippen LogP contribution in [0, 0.1) is 5.82 Å². The van der Waals surface area contributed by atoms with Crippen molar-refractivity contribution in [2.75, 3.05) is 13.2 Å². The third kappa shape index (κ3) is 7.72. The van der Waals surface area contributed by atoms with Crippen LogP contribution in [0.5, 0.6) is 11.5 Å². The van der Waals surface area contributed by atoms with Gasteiger partial charge in [-0.15, -0.1) is 0 Å². The molecular formula is C21H15F7N4O3. The van der Waals surface area contributed by atoms with Crippen molar-refractivity contribution in [3.05, 3.63) is 65.6 Å². The van der Waals surface area contributed by atoms with Gasteiger partial charge in [0.05, 0.1) is 23.7 Å². The molecule has 0 unspecified atom stereocenters. The van der Waals surface area contributed by atoms with Gasteiger partial charge in [0.1, 0.15) is 17.3 Å². The van der Waals surface area contributed by atoms with E-state index in [1.807, 2.05) is 0 Å². The number of hydrogen-bond acceptors (Lipinski definition) is 5. The zero-order chi connectivity index (χ0) is 25.6. The lowest BCUT2D eigenvalue weighted by atomic mass is 10.1. The lowest BCUT2D eigenvalue weighted by Crippen LogP contribution is -2.23. The van der Waals surface area contributed by atoms with Gasteiger partial charge >= 0.3 is 12.4 Å². The van der Waals surface area contributed by atoms with Gasteiger partial charge in [-0.2, -0.15) is 36.5 Å². The maximum atomic E-state index is 13.1. The zero-order valence-electron chi connectivity index (χ0n) is 17.4. The minimum Gasteiger partial charge on any atom is -0.484 e. The summed E-state index contributed by atoms with van der Waals surface area (Å²) in [4.78, 5) is 12.5. The predicted octanol–water partition coefficient (Wildman–Crippen LogP) is 4.86. The maximum absolute atomic E-state index is 13.1. The highest BCUT2D eigenvalue weighted by Crippen LogP contribution is 2.28. The van der Waals surface area contributed by atoms with E-state index in [1.54, 1.807) is 0 Å². The van der Waals surface area contributed by atoms with Crippen LogP contribution in [0.2, 0.25) is 0 Å². The van der Waals surface area contributed by atoms with E-state index in [0.29, 0.717) is 16.8 Å². The van der Waals surface area contributed by atoms with Crippen LogP contribution in [0.3, 0.4) is 0 Å². The minimum absolute atomic E-state index is 0.368. The van der Waals surface area contributed by atoms with Crippen LogP contribution in [-0.2, 0) is 0 Å². The highest BCUT2D eigenvalue weighted by Gasteiger charge is 2.30. The first-order chi connectivity index (χ1) is 16.4. The molecule has 7 nitrogen and oxygen atoms in total. The standard InChI is InChI=1S/C21H15F7N4O3/c22-14-3-1-12(2-4-14)18-13(8-29-31-18)9-30-32-19(33)16-7-15(34-10-20(23,24)25)5-6-17(16)35-11-21(26,27)28/h1-9H,10-11H2,(H,29,31)(H,32,33)/b30-9+. The normalized spacial score (nSPS) is 12.1. The summed E-state index contributed by atoms with van der Waals surface area (Å²) in [5.41, 5.74) is 2.86. The Morgan fingerprint density at radius 2 is 1.66 bits per heavy atom. The van der Waals surface area contributed by atoms with E-state index in [1.165, 1.54) is 30.5 Å². The van der Waals surface area contributed by atoms with Gasteiger partial charge in [-0.1, -0.05) is 0 Å². The van der Waals surface area contributed by atoms with Crippen molar-refractivity contribution in [2.24, 2.45) is 5.10 Å². The number of nitrogens with one attached hydrogen (secondary N) is 2. The highest BCUT2D eigenvalue weighted by atomic mass is 19.4. The molecule has 0 aliphatic rings. The van der Waals surface area contributed by atoms with Crippen LogP contribution >= 0.6 is 0 Å². The van der Waals surface area contributed by atoms with Crippen LogP contribution in [0.1, 0.15) is 15.9 Å².